The Kier molecular flexibility index (Phi) is 6.10. The molecule has 1 aliphatic carbocycles. The maximum Gasteiger partial charge on any atom is 0.265 e. The summed E-state index contributed by atoms with van der Waals surface area (Å²) in [5.74, 6) is -0.113. The van der Waals surface area contributed by atoms with Crippen molar-refractivity contribution < 1.29 is 9.59 Å². The Hall–Kier alpha value is -2.73. The number of amides is 2. The molecule has 6 heteroatoms. The first-order valence-corrected chi connectivity index (χ1v) is 11.5. The summed E-state index contributed by atoms with van der Waals surface area (Å²) in [4.78, 5) is 26.6. The van der Waals surface area contributed by atoms with Crippen molar-refractivity contribution in [2.75, 3.05) is 6.54 Å². The van der Waals surface area contributed by atoms with Crippen LogP contribution in [0.25, 0.3) is 11.8 Å². The fraction of sp³-hybridized carbons (Fsp3) is 0.400. The van der Waals surface area contributed by atoms with Gasteiger partial charge in [-0.15, -0.1) is 0 Å². The number of thiocarbonyl (C=S) groups is 1. The molecule has 162 valence electrons. The van der Waals surface area contributed by atoms with Gasteiger partial charge in [0.15, 0.2) is 5.11 Å². The number of hydrogen-bond donors (Lipinski definition) is 1. The molecule has 0 bridgehead atoms. The van der Waals surface area contributed by atoms with E-state index in [0.29, 0.717) is 12.5 Å². The van der Waals surface area contributed by atoms with Gasteiger partial charge in [0.2, 0.25) is 0 Å². The topological polar surface area (TPSA) is 54.3 Å². The highest BCUT2D eigenvalue weighted by Gasteiger charge is 2.32. The van der Waals surface area contributed by atoms with Crippen LogP contribution in [0.4, 0.5) is 0 Å². The first kappa shape index (κ1) is 21.5. The first-order valence-electron chi connectivity index (χ1n) is 11.1. The third kappa shape index (κ3) is 4.09. The lowest BCUT2D eigenvalue weighted by Gasteiger charge is -2.27. The van der Waals surface area contributed by atoms with Crippen LogP contribution in [0.3, 0.4) is 0 Å². The molecule has 4 rings (SSSR count). The molecule has 1 aromatic heterocycles. The SMILES string of the molecule is CCN1C(=O)/C(=C/c2cc(C)n(-c3ccc(C4CCCCC4)cc3)c2C)C(=O)NC1=S. The Morgan fingerprint density at radius 1 is 1.10 bits per heavy atom. The van der Waals surface area contributed by atoms with Gasteiger partial charge < -0.3 is 4.57 Å². The lowest BCUT2D eigenvalue weighted by Crippen LogP contribution is -2.53. The van der Waals surface area contributed by atoms with Crippen LogP contribution in [0.2, 0.25) is 0 Å². The minimum atomic E-state index is -0.443. The van der Waals surface area contributed by atoms with Gasteiger partial charge >= 0.3 is 0 Å². The normalized spacial score (nSPS) is 19.3. The molecule has 2 amide bonds. The highest BCUT2D eigenvalue weighted by Crippen LogP contribution is 2.33. The number of aryl methyl sites for hydroxylation is 1. The van der Waals surface area contributed by atoms with E-state index in [9.17, 15) is 9.59 Å². The average molecular weight is 436 g/mol. The molecular formula is C25H29N3O2S. The van der Waals surface area contributed by atoms with E-state index < -0.39 is 5.91 Å². The van der Waals surface area contributed by atoms with Gasteiger partial charge in [0.05, 0.1) is 0 Å². The predicted molar refractivity (Wildman–Crippen MR) is 127 cm³/mol. The summed E-state index contributed by atoms with van der Waals surface area (Å²) in [6, 6.07) is 10.9. The molecule has 2 heterocycles. The Morgan fingerprint density at radius 2 is 1.77 bits per heavy atom. The zero-order valence-corrected chi connectivity index (χ0v) is 19.2. The molecular weight excluding hydrogens is 406 g/mol. The number of likely N-dealkylation sites (N-methyl/N-ethyl adjacent to an activating group) is 1. The van der Waals surface area contributed by atoms with Gasteiger partial charge in [-0.05, 0) is 87.2 Å². The van der Waals surface area contributed by atoms with E-state index in [-0.39, 0.29) is 16.6 Å². The standard InChI is InChI=1S/C25H29N3O2S/c1-4-27-24(30)22(23(29)26-25(27)31)15-20-14-16(2)28(17(20)3)21-12-10-19(11-13-21)18-8-6-5-7-9-18/h10-15,18H,4-9H2,1-3H3,(H,26,29,31)/b22-15+. The van der Waals surface area contributed by atoms with Crippen molar-refractivity contribution in [1.82, 2.24) is 14.8 Å². The summed E-state index contributed by atoms with van der Waals surface area (Å²) in [6.07, 6.45) is 8.26. The number of rotatable bonds is 4. The van der Waals surface area contributed by atoms with E-state index in [1.807, 2.05) is 26.8 Å². The number of carbonyl (C=O) groups excluding carboxylic acids is 2. The molecule has 0 radical (unpaired) electrons. The molecule has 2 aliphatic rings. The Balaban J connectivity index is 1.65. The zero-order chi connectivity index (χ0) is 22.1. The van der Waals surface area contributed by atoms with E-state index in [2.05, 4.69) is 34.1 Å². The zero-order valence-electron chi connectivity index (χ0n) is 18.4. The van der Waals surface area contributed by atoms with Crippen LogP contribution in [0.5, 0.6) is 0 Å². The van der Waals surface area contributed by atoms with E-state index in [1.165, 1.54) is 42.6 Å². The Morgan fingerprint density at radius 3 is 2.42 bits per heavy atom. The van der Waals surface area contributed by atoms with E-state index >= 15 is 0 Å². The van der Waals surface area contributed by atoms with Crippen LogP contribution in [0.15, 0.2) is 35.9 Å². The van der Waals surface area contributed by atoms with Crippen LogP contribution in [-0.2, 0) is 9.59 Å². The maximum atomic E-state index is 12.7. The van der Waals surface area contributed by atoms with E-state index in [1.54, 1.807) is 6.08 Å². The number of nitrogens with zero attached hydrogens (tertiary/aromatic N) is 2. The third-order valence-electron chi connectivity index (χ3n) is 6.50. The summed E-state index contributed by atoms with van der Waals surface area (Å²) in [5, 5.41) is 2.78. The molecule has 1 saturated carbocycles. The van der Waals surface area contributed by atoms with Crippen LogP contribution >= 0.6 is 12.2 Å². The fourth-order valence-electron chi connectivity index (χ4n) is 4.80. The molecule has 1 aromatic carbocycles. The molecule has 1 N–H and O–H groups in total. The molecule has 5 nitrogen and oxygen atoms in total. The van der Waals surface area contributed by atoms with Crippen molar-refractivity contribution in [2.24, 2.45) is 0 Å². The Labute approximate surface area is 189 Å². The maximum absolute atomic E-state index is 12.7. The molecule has 31 heavy (non-hydrogen) atoms. The molecule has 1 saturated heterocycles. The van der Waals surface area contributed by atoms with Gasteiger partial charge in [0.1, 0.15) is 5.57 Å². The minimum absolute atomic E-state index is 0.114. The number of carbonyl (C=O) groups is 2. The molecule has 0 atom stereocenters. The molecule has 2 aromatic rings. The van der Waals surface area contributed by atoms with Crippen molar-refractivity contribution in [3.63, 3.8) is 0 Å². The lowest BCUT2D eigenvalue weighted by atomic mass is 9.84. The smallest absolute Gasteiger partial charge is 0.265 e. The van der Waals surface area contributed by atoms with Gasteiger partial charge in [0.25, 0.3) is 11.8 Å². The molecule has 2 fully saturated rings. The van der Waals surface area contributed by atoms with Crippen LogP contribution < -0.4 is 5.32 Å². The first-order chi connectivity index (χ1) is 14.9. The molecule has 0 spiro atoms. The molecule has 0 unspecified atom stereocenters. The summed E-state index contributed by atoms with van der Waals surface area (Å²) in [7, 11) is 0. The van der Waals surface area contributed by atoms with Crippen LogP contribution in [0.1, 0.15) is 67.5 Å². The van der Waals surface area contributed by atoms with Gasteiger partial charge in [0, 0.05) is 23.6 Å². The highest BCUT2D eigenvalue weighted by atomic mass is 32.1. The summed E-state index contributed by atoms with van der Waals surface area (Å²) in [6.45, 7) is 6.31. The van der Waals surface area contributed by atoms with Crippen LogP contribution in [-0.4, -0.2) is 32.9 Å². The Bertz CT molecular complexity index is 1060. The summed E-state index contributed by atoms with van der Waals surface area (Å²) >= 11 is 5.11. The third-order valence-corrected chi connectivity index (χ3v) is 6.82. The number of nitrogens with one attached hydrogen (secondary N) is 1. The molecule has 1 aliphatic heterocycles. The van der Waals surface area contributed by atoms with Crippen molar-refractivity contribution in [3.8, 4) is 5.69 Å². The van der Waals surface area contributed by atoms with Gasteiger partial charge in [-0.25, -0.2) is 0 Å². The second-order valence-electron chi connectivity index (χ2n) is 8.46. The lowest BCUT2D eigenvalue weighted by molar-refractivity contribution is -0.128. The predicted octanol–water partition coefficient (Wildman–Crippen LogP) is 4.79. The van der Waals surface area contributed by atoms with Gasteiger partial charge in [-0.2, -0.15) is 0 Å². The number of benzene rings is 1. The van der Waals surface area contributed by atoms with E-state index in [0.717, 1.165) is 22.6 Å². The summed E-state index contributed by atoms with van der Waals surface area (Å²) < 4.78 is 2.17. The highest BCUT2D eigenvalue weighted by molar-refractivity contribution is 7.80. The van der Waals surface area contributed by atoms with Crippen molar-refractivity contribution in [3.05, 3.63) is 58.4 Å². The number of hydrogen-bond acceptors (Lipinski definition) is 3. The van der Waals surface area contributed by atoms with Crippen LogP contribution in [0, 0.1) is 13.8 Å². The second-order valence-corrected chi connectivity index (χ2v) is 8.84. The quantitative estimate of drug-likeness (QED) is 0.427. The van der Waals surface area contributed by atoms with Gasteiger partial charge in [-0.1, -0.05) is 31.4 Å². The van der Waals surface area contributed by atoms with Crippen molar-refractivity contribution in [2.45, 2.75) is 58.8 Å². The summed E-state index contributed by atoms with van der Waals surface area (Å²) in [5.41, 5.74) is 5.54. The largest absolute Gasteiger partial charge is 0.318 e. The van der Waals surface area contributed by atoms with Crippen molar-refractivity contribution in [1.29, 1.82) is 0 Å². The van der Waals surface area contributed by atoms with Gasteiger partial charge in [-0.3, -0.25) is 19.8 Å². The monoisotopic (exact) mass is 435 g/mol. The average Bonchev–Trinajstić information content (AvgIpc) is 3.05. The fourth-order valence-corrected chi connectivity index (χ4v) is 5.10. The minimum Gasteiger partial charge on any atom is -0.318 e. The van der Waals surface area contributed by atoms with E-state index in [4.69, 9.17) is 12.2 Å². The van der Waals surface area contributed by atoms with Crippen molar-refractivity contribution >= 4 is 35.2 Å². The number of aromatic nitrogens is 1. The second kappa shape index (κ2) is 8.79.